The van der Waals surface area contributed by atoms with Crippen LogP contribution in [0.25, 0.3) is 22.4 Å². The van der Waals surface area contributed by atoms with Crippen LogP contribution < -0.4 is 0 Å². The number of benzene rings is 2. The Morgan fingerprint density at radius 2 is 1.90 bits per heavy atom. The van der Waals surface area contributed by atoms with Crippen LogP contribution >= 0.6 is 11.8 Å². The maximum atomic E-state index is 15.8. The maximum Gasteiger partial charge on any atom is 0.184 e. The zero-order valence-electron chi connectivity index (χ0n) is 28.0. The molecule has 9 nitrogen and oxygen atoms in total. The molecule has 0 radical (unpaired) electrons. The zero-order valence-corrected chi connectivity index (χ0v) is 29.6. The predicted octanol–water partition coefficient (Wildman–Crippen LogP) is 6.16. The van der Waals surface area contributed by atoms with Gasteiger partial charge in [0.25, 0.3) is 0 Å². The Labute approximate surface area is 289 Å². The fraction of sp³-hybridized carbons (Fsp3) is 0.417. The van der Waals surface area contributed by atoms with Crippen LogP contribution in [0.2, 0.25) is 0 Å². The summed E-state index contributed by atoms with van der Waals surface area (Å²) < 4.78 is 60.0. The standard InChI is InChI=1S/C36H41F2N5O4S2/c1-35(2)12-6-13-36(3,23-8-5-7-22(17-23)18-24(45)20-44)34-41-33(43(4)42-34)28-19-25(9-14-39-28)48-32-27(11-16-49(46,47)21-35)26-10-15-40-31(26)29(37)30(32)38/h5,7-10,14-15,17,19,24,40,44-45H,6,11-13,16,18,20-21H2,1-4H3/t24-,36-/m1/s1. The molecule has 0 amide bonds. The number of aliphatic hydroxyl groups excluding tert-OH is 2. The molecule has 2 atom stereocenters. The molecule has 4 bridgehead atoms. The number of rotatable bonds is 4. The van der Waals surface area contributed by atoms with Gasteiger partial charge >= 0.3 is 0 Å². The molecule has 0 saturated heterocycles. The second-order valence-electron chi connectivity index (χ2n) is 14.0. The molecule has 0 unspecified atom stereocenters. The van der Waals surface area contributed by atoms with E-state index in [4.69, 9.17) is 10.1 Å². The van der Waals surface area contributed by atoms with E-state index in [9.17, 15) is 18.6 Å². The first-order valence-corrected chi connectivity index (χ1v) is 18.9. The summed E-state index contributed by atoms with van der Waals surface area (Å²) in [7, 11) is -1.82. The van der Waals surface area contributed by atoms with Crippen LogP contribution in [0.1, 0.15) is 62.5 Å². The minimum absolute atomic E-state index is 0.0110. The third-order valence-electron chi connectivity index (χ3n) is 9.44. The van der Waals surface area contributed by atoms with Gasteiger partial charge in [-0.15, -0.1) is 0 Å². The molecular formula is C36H41F2N5O4S2. The number of hydrogen-bond acceptors (Lipinski definition) is 8. The number of nitrogens with one attached hydrogen (secondary N) is 1. The topological polar surface area (TPSA) is 134 Å². The van der Waals surface area contributed by atoms with E-state index in [-0.39, 0.29) is 41.4 Å². The van der Waals surface area contributed by atoms with Crippen molar-refractivity contribution in [3.05, 3.63) is 89.0 Å². The molecule has 0 spiro atoms. The molecule has 49 heavy (non-hydrogen) atoms. The van der Waals surface area contributed by atoms with Crippen molar-refractivity contribution in [2.75, 3.05) is 18.1 Å². The fourth-order valence-electron chi connectivity index (χ4n) is 6.86. The summed E-state index contributed by atoms with van der Waals surface area (Å²) in [5.41, 5.74) is 1.44. The number of fused-ring (bicyclic) bond motifs is 8. The van der Waals surface area contributed by atoms with Crippen LogP contribution in [0.3, 0.4) is 0 Å². The van der Waals surface area contributed by atoms with Gasteiger partial charge in [0, 0.05) is 36.1 Å². The second kappa shape index (κ2) is 13.6. The fourth-order valence-corrected chi connectivity index (χ4v) is 9.90. The van der Waals surface area contributed by atoms with Gasteiger partial charge in [0.05, 0.1) is 40.0 Å². The molecule has 13 heteroatoms. The van der Waals surface area contributed by atoms with E-state index in [0.717, 1.165) is 22.9 Å². The summed E-state index contributed by atoms with van der Waals surface area (Å²) in [6.07, 6.45) is 4.39. The van der Waals surface area contributed by atoms with Crippen molar-refractivity contribution in [2.45, 2.75) is 74.2 Å². The summed E-state index contributed by atoms with van der Waals surface area (Å²) in [5, 5.41) is 24.9. The Hall–Kier alpha value is -3.65. The molecule has 0 saturated carbocycles. The molecule has 1 aliphatic rings. The number of H-pyrrole nitrogens is 1. The Bertz CT molecular complexity index is 2110. The Balaban J connectivity index is 1.49. The molecule has 1 aliphatic heterocycles. The van der Waals surface area contributed by atoms with Crippen molar-refractivity contribution < 1.29 is 27.4 Å². The number of aryl methyl sites for hydroxylation is 2. The molecular weight excluding hydrogens is 669 g/mol. The summed E-state index contributed by atoms with van der Waals surface area (Å²) in [6, 6.07) is 12.9. The molecule has 260 valence electrons. The van der Waals surface area contributed by atoms with Crippen LogP contribution in [0.5, 0.6) is 0 Å². The lowest BCUT2D eigenvalue weighted by Crippen LogP contribution is -2.29. The highest BCUT2D eigenvalue weighted by molar-refractivity contribution is 7.99. The second-order valence-corrected chi connectivity index (χ2v) is 17.3. The van der Waals surface area contributed by atoms with Gasteiger partial charge in [-0.05, 0) is 66.5 Å². The molecule has 3 aromatic heterocycles. The van der Waals surface area contributed by atoms with E-state index in [1.165, 1.54) is 6.20 Å². The predicted molar refractivity (Wildman–Crippen MR) is 186 cm³/mol. The van der Waals surface area contributed by atoms with Gasteiger partial charge in [-0.2, -0.15) is 5.10 Å². The maximum absolute atomic E-state index is 15.8. The van der Waals surface area contributed by atoms with Crippen molar-refractivity contribution in [1.29, 1.82) is 0 Å². The zero-order chi connectivity index (χ0) is 35.1. The minimum Gasteiger partial charge on any atom is -0.394 e. The number of sulfone groups is 1. The van der Waals surface area contributed by atoms with Crippen LogP contribution in [-0.2, 0) is 35.1 Å². The summed E-state index contributed by atoms with van der Waals surface area (Å²) in [5.74, 6) is -1.28. The van der Waals surface area contributed by atoms with Crippen molar-refractivity contribution in [3.63, 3.8) is 0 Å². The minimum atomic E-state index is -3.60. The summed E-state index contributed by atoms with van der Waals surface area (Å²) in [6.45, 7) is 5.59. The quantitative estimate of drug-likeness (QED) is 0.202. The number of nitrogens with zero attached hydrogens (tertiary/aromatic N) is 4. The summed E-state index contributed by atoms with van der Waals surface area (Å²) >= 11 is 1.03. The monoisotopic (exact) mass is 709 g/mol. The van der Waals surface area contributed by atoms with Crippen LogP contribution in [0.15, 0.2) is 64.6 Å². The van der Waals surface area contributed by atoms with Gasteiger partial charge in [0.1, 0.15) is 5.69 Å². The molecule has 4 heterocycles. The lowest BCUT2D eigenvalue weighted by Gasteiger charge is -2.31. The van der Waals surface area contributed by atoms with Gasteiger partial charge in [-0.25, -0.2) is 26.9 Å². The van der Waals surface area contributed by atoms with Crippen molar-refractivity contribution in [3.8, 4) is 11.5 Å². The van der Waals surface area contributed by atoms with Crippen LogP contribution in [-0.4, -0.2) is 67.6 Å². The molecule has 2 aromatic carbocycles. The SMILES string of the molecule is Cn1nc2nc1-c1cc(ccn1)Sc1c(F)c(F)c3[nH]ccc3c1CCS(=O)(=O)CC(C)(C)CCC[C@]2(C)c1cccc(C[C@@H](O)CO)c1. The average Bonchev–Trinajstić information content (AvgIpc) is 3.70. The smallest absolute Gasteiger partial charge is 0.184 e. The van der Waals surface area contributed by atoms with Crippen molar-refractivity contribution >= 4 is 32.5 Å². The van der Waals surface area contributed by atoms with E-state index in [2.05, 4.69) is 16.9 Å². The number of pyridine rings is 1. The third kappa shape index (κ3) is 7.30. The highest BCUT2D eigenvalue weighted by Gasteiger charge is 2.36. The summed E-state index contributed by atoms with van der Waals surface area (Å²) in [4.78, 5) is 12.9. The first-order chi connectivity index (χ1) is 23.2. The van der Waals surface area contributed by atoms with E-state index < -0.39 is 38.4 Å². The van der Waals surface area contributed by atoms with E-state index in [1.807, 2.05) is 38.1 Å². The van der Waals surface area contributed by atoms with Crippen molar-refractivity contribution in [1.82, 2.24) is 24.7 Å². The Morgan fingerprint density at radius 3 is 2.67 bits per heavy atom. The van der Waals surface area contributed by atoms with E-state index >= 15 is 8.78 Å². The highest BCUT2D eigenvalue weighted by atomic mass is 32.2. The van der Waals surface area contributed by atoms with Gasteiger partial charge in [-0.3, -0.25) is 4.98 Å². The van der Waals surface area contributed by atoms with E-state index in [1.54, 1.807) is 36.1 Å². The third-order valence-corrected chi connectivity index (χ3v) is 12.6. The lowest BCUT2D eigenvalue weighted by atomic mass is 9.75. The van der Waals surface area contributed by atoms with Gasteiger partial charge in [0.15, 0.2) is 33.1 Å². The van der Waals surface area contributed by atoms with E-state index in [0.29, 0.717) is 52.5 Å². The number of aromatic amines is 1. The average molecular weight is 710 g/mol. The molecule has 0 fully saturated rings. The first-order valence-electron chi connectivity index (χ1n) is 16.3. The first kappa shape index (κ1) is 35.2. The largest absolute Gasteiger partial charge is 0.394 e. The number of halogens is 2. The molecule has 6 rings (SSSR count). The lowest BCUT2D eigenvalue weighted by molar-refractivity contribution is 0.0955. The molecule has 3 N–H and O–H groups in total. The Morgan fingerprint density at radius 1 is 1.10 bits per heavy atom. The normalized spacial score (nSPS) is 20.3. The van der Waals surface area contributed by atoms with Gasteiger partial charge in [-0.1, -0.05) is 56.3 Å². The number of hydrogen-bond donors (Lipinski definition) is 3. The molecule has 0 aliphatic carbocycles. The van der Waals surface area contributed by atoms with Gasteiger partial charge < -0.3 is 15.2 Å². The van der Waals surface area contributed by atoms with Gasteiger partial charge in [0.2, 0.25) is 0 Å². The number of aromatic nitrogens is 5. The molecule has 5 aromatic rings. The Kier molecular flexibility index (Phi) is 9.75. The van der Waals surface area contributed by atoms with Crippen molar-refractivity contribution in [2.24, 2.45) is 12.5 Å². The number of aliphatic hydroxyl groups is 2. The van der Waals surface area contributed by atoms with Crippen LogP contribution in [0.4, 0.5) is 8.78 Å². The van der Waals surface area contributed by atoms with Crippen LogP contribution in [0, 0.1) is 17.0 Å². The highest BCUT2D eigenvalue weighted by Crippen LogP contribution is 2.41.